The quantitative estimate of drug-likeness (QED) is 0.573. The van der Waals surface area contributed by atoms with Crippen LogP contribution in [-0.2, 0) is 34.0 Å². The molecule has 2 heterocycles. The molecule has 1 aromatic carbocycles. The first-order valence-corrected chi connectivity index (χ1v) is 9.74. The highest BCUT2D eigenvalue weighted by molar-refractivity contribution is 6.22. The molecule has 2 aliphatic heterocycles. The Bertz CT molecular complexity index is 1020. The van der Waals surface area contributed by atoms with E-state index < -0.39 is 17.3 Å². The molecule has 0 aromatic heterocycles. The zero-order valence-corrected chi connectivity index (χ0v) is 17.2. The van der Waals surface area contributed by atoms with Crippen molar-refractivity contribution in [2.24, 2.45) is 11.1 Å². The van der Waals surface area contributed by atoms with E-state index in [0.717, 1.165) is 0 Å². The number of amides is 1. The summed E-state index contributed by atoms with van der Waals surface area (Å²) >= 11 is 0. The Balaban J connectivity index is 1.96. The number of para-hydroxylation sites is 1. The first-order chi connectivity index (χ1) is 14.2. The monoisotopic (exact) mass is 412 g/mol. The molecule has 0 saturated heterocycles. The van der Waals surface area contributed by atoms with E-state index in [1.54, 1.807) is 24.3 Å². The number of fused-ring (bicyclic) bond motifs is 3. The van der Waals surface area contributed by atoms with Crippen LogP contribution in [0.5, 0.6) is 0 Å². The summed E-state index contributed by atoms with van der Waals surface area (Å²) in [7, 11) is 1.48. The Morgan fingerprint density at radius 1 is 1.20 bits per heavy atom. The number of Topliss-reactive ketones (excluding diaryl/α,β-unsaturated/α-hetero) is 1. The molecule has 0 radical (unpaired) electrons. The summed E-state index contributed by atoms with van der Waals surface area (Å²) in [5.41, 5.74) is 5.13. The van der Waals surface area contributed by atoms with E-state index in [9.17, 15) is 14.4 Å². The van der Waals surface area contributed by atoms with E-state index in [0.29, 0.717) is 23.4 Å². The zero-order chi connectivity index (χ0) is 21.7. The van der Waals surface area contributed by atoms with Gasteiger partial charge in [0.05, 0.1) is 12.2 Å². The SMILES string of the molecule is COCCOC(=O)C1=C(N)OC2=C(C(=O)CC(C)(C)C2)[C@@]12C(=O)Nc1ccccc12. The topological polar surface area (TPSA) is 117 Å². The number of nitrogens with one attached hydrogen (secondary N) is 1. The van der Waals surface area contributed by atoms with Gasteiger partial charge in [0.1, 0.15) is 23.4 Å². The second-order valence-electron chi connectivity index (χ2n) is 8.46. The first-order valence-electron chi connectivity index (χ1n) is 9.74. The predicted molar refractivity (Wildman–Crippen MR) is 107 cm³/mol. The molecule has 1 aromatic rings. The predicted octanol–water partition coefficient (Wildman–Crippen LogP) is 1.91. The lowest BCUT2D eigenvalue weighted by Gasteiger charge is -2.41. The minimum atomic E-state index is -1.70. The average molecular weight is 412 g/mol. The maximum Gasteiger partial charge on any atom is 0.341 e. The van der Waals surface area contributed by atoms with Crippen molar-refractivity contribution in [3.63, 3.8) is 0 Å². The minimum Gasteiger partial charge on any atom is -0.460 e. The molecule has 3 aliphatic rings. The number of anilines is 1. The smallest absolute Gasteiger partial charge is 0.341 e. The number of esters is 1. The van der Waals surface area contributed by atoms with Crippen LogP contribution in [0.25, 0.3) is 0 Å². The lowest BCUT2D eigenvalue weighted by atomic mass is 9.62. The Kier molecular flexibility index (Phi) is 4.69. The third-order valence-corrected chi connectivity index (χ3v) is 5.71. The summed E-state index contributed by atoms with van der Waals surface area (Å²) in [6.45, 7) is 4.04. The molecule has 30 heavy (non-hydrogen) atoms. The van der Waals surface area contributed by atoms with Crippen molar-refractivity contribution in [3.8, 4) is 0 Å². The molecular formula is C22H24N2O6. The van der Waals surface area contributed by atoms with Gasteiger partial charge in [-0.3, -0.25) is 9.59 Å². The van der Waals surface area contributed by atoms with Gasteiger partial charge in [0.2, 0.25) is 11.8 Å². The normalized spacial score (nSPS) is 24.4. The minimum absolute atomic E-state index is 0.0294. The average Bonchev–Trinajstić information content (AvgIpc) is 2.93. The second kappa shape index (κ2) is 6.98. The van der Waals surface area contributed by atoms with Crippen LogP contribution in [0.15, 0.2) is 47.1 Å². The van der Waals surface area contributed by atoms with Crippen LogP contribution in [0.3, 0.4) is 0 Å². The molecule has 1 spiro atoms. The lowest BCUT2D eigenvalue weighted by Crippen LogP contribution is -2.50. The number of hydrogen-bond acceptors (Lipinski definition) is 7. The third-order valence-electron chi connectivity index (χ3n) is 5.71. The summed E-state index contributed by atoms with van der Waals surface area (Å²) in [5, 5.41) is 2.80. The number of methoxy groups -OCH3 is 1. The number of ether oxygens (including phenoxy) is 3. The van der Waals surface area contributed by atoms with E-state index >= 15 is 0 Å². The number of carbonyl (C=O) groups is 3. The fourth-order valence-corrected chi connectivity index (χ4v) is 4.56. The molecule has 1 amide bonds. The van der Waals surface area contributed by atoms with Crippen LogP contribution in [0.1, 0.15) is 32.3 Å². The van der Waals surface area contributed by atoms with Gasteiger partial charge in [-0.25, -0.2) is 4.79 Å². The number of allylic oxidation sites excluding steroid dienone is 1. The van der Waals surface area contributed by atoms with Crippen LogP contribution in [0.2, 0.25) is 0 Å². The van der Waals surface area contributed by atoms with Crippen LogP contribution < -0.4 is 11.1 Å². The zero-order valence-electron chi connectivity index (χ0n) is 17.2. The van der Waals surface area contributed by atoms with Crippen molar-refractivity contribution in [2.75, 3.05) is 25.6 Å². The highest BCUT2D eigenvalue weighted by Gasteiger charge is 2.62. The highest BCUT2D eigenvalue weighted by Crippen LogP contribution is 2.56. The van der Waals surface area contributed by atoms with Gasteiger partial charge < -0.3 is 25.3 Å². The fourth-order valence-electron chi connectivity index (χ4n) is 4.56. The molecule has 4 rings (SSSR count). The summed E-state index contributed by atoms with van der Waals surface area (Å²) in [6.07, 6.45) is 0.635. The largest absolute Gasteiger partial charge is 0.460 e. The molecule has 158 valence electrons. The van der Waals surface area contributed by atoms with Crippen molar-refractivity contribution >= 4 is 23.3 Å². The maximum atomic E-state index is 13.5. The summed E-state index contributed by atoms with van der Waals surface area (Å²) in [6, 6.07) is 6.95. The second-order valence-corrected chi connectivity index (χ2v) is 8.46. The van der Waals surface area contributed by atoms with Crippen LogP contribution >= 0.6 is 0 Å². The van der Waals surface area contributed by atoms with E-state index in [4.69, 9.17) is 19.9 Å². The number of benzene rings is 1. The van der Waals surface area contributed by atoms with E-state index in [1.807, 2.05) is 13.8 Å². The van der Waals surface area contributed by atoms with Gasteiger partial charge in [0.25, 0.3) is 0 Å². The van der Waals surface area contributed by atoms with Crippen molar-refractivity contribution in [2.45, 2.75) is 32.1 Å². The summed E-state index contributed by atoms with van der Waals surface area (Å²) < 4.78 is 16.0. The molecule has 1 atom stereocenters. The molecule has 0 saturated carbocycles. The van der Waals surface area contributed by atoms with Crippen LogP contribution in [0.4, 0.5) is 5.69 Å². The molecule has 8 heteroatoms. The van der Waals surface area contributed by atoms with Gasteiger partial charge in [-0.1, -0.05) is 32.0 Å². The molecule has 0 fully saturated rings. The summed E-state index contributed by atoms with van der Waals surface area (Å²) in [5.74, 6) is -1.49. The Labute approximate surface area is 174 Å². The van der Waals surface area contributed by atoms with E-state index in [-0.39, 0.29) is 47.9 Å². The standard InChI is InChI=1S/C22H24N2O6/c1-21(2)10-14(25)16-15(11-21)30-18(23)17(19(26)29-9-8-28-3)22(16)12-6-4-5-7-13(12)24-20(22)27/h4-7H,8-11,23H2,1-3H3,(H,24,27)/t22-/m1/s1. The molecule has 8 nitrogen and oxygen atoms in total. The molecule has 0 unspecified atom stereocenters. The Morgan fingerprint density at radius 3 is 2.67 bits per heavy atom. The number of carbonyl (C=O) groups excluding carboxylic acids is 3. The molecule has 1 aliphatic carbocycles. The third kappa shape index (κ3) is 2.82. The van der Waals surface area contributed by atoms with Gasteiger partial charge in [-0.15, -0.1) is 0 Å². The molecule has 3 N–H and O–H groups in total. The van der Waals surface area contributed by atoms with E-state index in [2.05, 4.69) is 5.32 Å². The van der Waals surface area contributed by atoms with Crippen LogP contribution in [-0.4, -0.2) is 38.0 Å². The molecular weight excluding hydrogens is 388 g/mol. The Morgan fingerprint density at radius 2 is 1.93 bits per heavy atom. The number of ketones is 1. The van der Waals surface area contributed by atoms with Crippen molar-refractivity contribution in [1.82, 2.24) is 0 Å². The van der Waals surface area contributed by atoms with Gasteiger partial charge >= 0.3 is 5.97 Å². The number of hydrogen-bond donors (Lipinski definition) is 2. The first kappa shape index (κ1) is 20.2. The van der Waals surface area contributed by atoms with Gasteiger partial charge in [-0.2, -0.15) is 0 Å². The maximum absolute atomic E-state index is 13.5. The van der Waals surface area contributed by atoms with Crippen LogP contribution in [0, 0.1) is 5.41 Å². The van der Waals surface area contributed by atoms with E-state index in [1.165, 1.54) is 7.11 Å². The summed E-state index contributed by atoms with van der Waals surface area (Å²) in [4.78, 5) is 39.9. The fraction of sp³-hybridized carbons (Fsp3) is 0.409. The lowest BCUT2D eigenvalue weighted by molar-refractivity contribution is -0.142. The van der Waals surface area contributed by atoms with Gasteiger partial charge in [0, 0.05) is 31.2 Å². The molecule has 0 bridgehead atoms. The highest BCUT2D eigenvalue weighted by atomic mass is 16.6. The van der Waals surface area contributed by atoms with Crippen molar-refractivity contribution < 1.29 is 28.6 Å². The number of nitrogens with two attached hydrogens (primary N) is 1. The Hall–Kier alpha value is -3.13. The van der Waals surface area contributed by atoms with Gasteiger partial charge in [0.15, 0.2) is 5.78 Å². The van der Waals surface area contributed by atoms with Crippen molar-refractivity contribution in [3.05, 3.63) is 52.6 Å². The van der Waals surface area contributed by atoms with Gasteiger partial charge in [-0.05, 0) is 11.5 Å². The van der Waals surface area contributed by atoms with Crippen molar-refractivity contribution in [1.29, 1.82) is 0 Å². The number of rotatable bonds is 4.